The van der Waals surface area contributed by atoms with Crippen LogP contribution in [0.4, 0.5) is 0 Å². The molecule has 4 heterocycles. The van der Waals surface area contributed by atoms with E-state index in [1.165, 1.54) is 32.1 Å². The molecule has 4 aliphatic heterocycles. The monoisotopic (exact) mass is 512 g/mol. The van der Waals surface area contributed by atoms with E-state index in [0.29, 0.717) is 48.8 Å². The summed E-state index contributed by atoms with van der Waals surface area (Å²) in [7, 11) is 0. The van der Waals surface area contributed by atoms with Crippen molar-refractivity contribution in [2.45, 2.75) is 177 Å². The lowest BCUT2D eigenvalue weighted by Gasteiger charge is -2.12. The van der Waals surface area contributed by atoms with E-state index in [-0.39, 0.29) is 7.43 Å². The molecule has 0 aromatic rings. The first-order valence-corrected chi connectivity index (χ1v) is 14.9. The zero-order valence-electron chi connectivity index (χ0n) is 25.1. The van der Waals surface area contributed by atoms with Gasteiger partial charge in [-0.3, -0.25) is 0 Å². The number of hydrogen-bond donors (Lipinski definition) is 0. The third kappa shape index (κ3) is 12.4. The van der Waals surface area contributed by atoms with Crippen molar-refractivity contribution in [1.29, 1.82) is 0 Å². The minimum absolute atomic E-state index is 0. The summed E-state index contributed by atoms with van der Waals surface area (Å²) in [6.45, 7) is 24.1. The lowest BCUT2D eigenvalue weighted by Crippen LogP contribution is -2.14. The molecule has 0 saturated carbocycles. The Morgan fingerprint density at radius 1 is 0.611 bits per heavy atom. The molecule has 2 unspecified atom stereocenters. The molecule has 0 spiro atoms. The molecule has 11 atom stereocenters. The molecule has 4 nitrogen and oxygen atoms in total. The summed E-state index contributed by atoms with van der Waals surface area (Å²) in [6, 6.07) is 0. The van der Waals surface area contributed by atoms with Crippen molar-refractivity contribution in [3.8, 4) is 0 Å². The van der Waals surface area contributed by atoms with Crippen LogP contribution in [0.3, 0.4) is 0 Å². The van der Waals surface area contributed by atoms with Crippen LogP contribution in [0.25, 0.3) is 0 Å². The highest BCUT2D eigenvalue weighted by molar-refractivity contribution is 4.99. The Hall–Kier alpha value is -0.420. The van der Waals surface area contributed by atoms with Crippen LogP contribution in [0.15, 0.2) is 12.2 Å². The summed E-state index contributed by atoms with van der Waals surface area (Å²) in [6.07, 6.45) is 16.5. The summed E-state index contributed by atoms with van der Waals surface area (Å²) in [5.74, 6) is 2.27. The summed E-state index contributed by atoms with van der Waals surface area (Å²) in [5, 5.41) is 0. The highest BCUT2D eigenvalue weighted by atomic mass is 16.5. The largest absolute Gasteiger partial charge is 0.375 e. The van der Waals surface area contributed by atoms with Gasteiger partial charge in [-0.1, -0.05) is 68.0 Å². The standard InChI is InChI=1S/C9H18O.C8H16O.C7H14O.C7H12O.CH4/c1-5-9-7(3)6(2)8(4)10-9;1-4-8-6(2)5-7(3)9-8;2*1-3-7-5-4-6(2)8-7;/h6-9H,5H2,1-4H3;6-8H,4-5H2,1-3H3;6-7H,3-5H2,1-2H3;4-7H,3H2,1-2H3;1H4/t6-,7?,8-,9+;6?,7-,8+;2*6-,7+;/m0000./s1. The van der Waals surface area contributed by atoms with Crippen LogP contribution in [-0.2, 0) is 18.9 Å². The van der Waals surface area contributed by atoms with Gasteiger partial charge in [0.2, 0.25) is 0 Å². The molecule has 216 valence electrons. The minimum atomic E-state index is 0. The van der Waals surface area contributed by atoms with Gasteiger partial charge in [-0.2, -0.15) is 0 Å². The van der Waals surface area contributed by atoms with Crippen molar-refractivity contribution >= 4 is 0 Å². The van der Waals surface area contributed by atoms with E-state index in [1.54, 1.807) is 0 Å². The molecule has 0 aromatic carbocycles. The molecular weight excluding hydrogens is 448 g/mol. The molecule has 0 amide bonds. The van der Waals surface area contributed by atoms with Gasteiger partial charge in [0.15, 0.2) is 0 Å². The molecule has 0 aliphatic carbocycles. The Bertz CT molecular complexity index is 564. The van der Waals surface area contributed by atoms with Gasteiger partial charge < -0.3 is 18.9 Å². The Balaban J connectivity index is 0.000000451. The zero-order valence-corrected chi connectivity index (χ0v) is 25.1. The van der Waals surface area contributed by atoms with Crippen LogP contribution in [0.2, 0.25) is 0 Å². The van der Waals surface area contributed by atoms with Crippen molar-refractivity contribution in [2.75, 3.05) is 0 Å². The van der Waals surface area contributed by atoms with Crippen LogP contribution >= 0.6 is 0 Å². The van der Waals surface area contributed by atoms with Crippen LogP contribution in [-0.4, -0.2) is 48.8 Å². The van der Waals surface area contributed by atoms with Gasteiger partial charge in [-0.15, -0.1) is 0 Å². The van der Waals surface area contributed by atoms with Crippen LogP contribution in [0, 0.1) is 17.8 Å². The predicted molar refractivity (Wildman–Crippen MR) is 156 cm³/mol. The smallest absolute Gasteiger partial charge is 0.0762 e. The van der Waals surface area contributed by atoms with E-state index in [9.17, 15) is 0 Å². The third-order valence-corrected chi connectivity index (χ3v) is 8.26. The van der Waals surface area contributed by atoms with E-state index < -0.39 is 0 Å². The Morgan fingerprint density at radius 3 is 1.47 bits per heavy atom. The highest BCUT2D eigenvalue weighted by Gasteiger charge is 2.34. The van der Waals surface area contributed by atoms with Crippen LogP contribution in [0.5, 0.6) is 0 Å². The van der Waals surface area contributed by atoms with Crippen molar-refractivity contribution in [3.05, 3.63) is 12.2 Å². The van der Waals surface area contributed by atoms with Gasteiger partial charge in [-0.05, 0) is 90.4 Å². The summed E-state index contributed by atoms with van der Waals surface area (Å²) in [4.78, 5) is 0. The van der Waals surface area contributed by atoms with Crippen molar-refractivity contribution < 1.29 is 18.9 Å². The number of rotatable bonds is 4. The first kappa shape index (κ1) is 35.6. The SMILES string of the molecule is C.CC[C@@H]1C=C[C@H](C)O1.CC[C@@H]1CC[C@H](C)O1.CC[C@H]1O[C@@H](C)CC1C.CC[C@H]1O[C@@H](C)[C@@H](C)C1C. The first-order chi connectivity index (χ1) is 16.6. The lowest BCUT2D eigenvalue weighted by atomic mass is 9.90. The van der Waals surface area contributed by atoms with E-state index >= 15 is 0 Å². The van der Waals surface area contributed by atoms with Gasteiger partial charge in [0.25, 0.3) is 0 Å². The third-order valence-electron chi connectivity index (χ3n) is 8.26. The fourth-order valence-electron chi connectivity index (χ4n) is 5.48. The molecule has 0 N–H and O–H groups in total. The van der Waals surface area contributed by atoms with Gasteiger partial charge in [-0.25, -0.2) is 0 Å². The van der Waals surface area contributed by atoms with Gasteiger partial charge in [0.05, 0.1) is 48.8 Å². The number of ether oxygens (including phenoxy) is 4. The van der Waals surface area contributed by atoms with Crippen molar-refractivity contribution in [3.63, 3.8) is 0 Å². The second-order valence-corrected chi connectivity index (χ2v) is 11.3. The van der Waals surface area contributed by atoms with Crippen LogP contribution < -0.4 is 0 Å². The molecule has 4 rings (SSSR count). The van der Waals surface area contributed by atoms with Crippen molar-refractivity contribution in [2.24, 2.45) is 17.8 Å². The zero-order chi connectivity index (χ0) is 26.5. The Labute approximate surface area is 226 Å². The van der Waals surface area contributed by atoms with E-state index in [1.807, 2.05) is 0 Å². The molecule has 0 radical (unpaired) electrons. The normalized spacial score (nSPS) is 40.8. The van der Waals surface area contributed by atoms with E-state index in [0.717, 1.165) is 30.6 Å². The van der Waals surface area contributed by atoms with Crippen molar-refractivity contribution in [1.82, 2.24) is 0 Å². The fraction of sp³-hybridized carbons (Fsp3) is 0.938. The quantitative estimate of drug-likeness (QED) is 0.352. The predicted octanol–water partition coefficient (Wildman–Crippen LogP) is 9.01. The molecule has 0 bridgehead atoms. The molecule has 4 aliphatic rings. The molecule has 3 fully saturated rings. The second kappa shape index (κ2) is 18.8. The van der Waals surface area contributed by atoms with Gasteiger partial charge in [0, 0.05) is 0 Å². The summed E-state index contributed by atoms with van der Waals surface area (Å²) >= 11 is 0. The van der Waals surface area contributed by atoms with E-state index in [2.05, 4.69) is 88.3 Å². The van der Waals surface area contributed by atoms with Gasteiger partial charge >= 0.3 is 0 Å². The first-order valence-electron chi connectivity index (χ1n) is 14.9. The van der Waals surface area contributed by atoms with Crippen LogP contribution in [0.1, 0.15) is 129 Å². The molecule has 36 heavy (non-hydrogen) atoms. The summed E-state index contributed by atoms with van der Waals surface area (Å²) < 4.78 is 22.3. The van der Waals surface area contributed by atoms with E-state index in [4.69, 9.17) is 18.9 Å². The minimum Gasteiger partial charge on any atom is -0.375 e. The lowest BCUT2D eigenvalue weighted by molar-refractivity contribution is 0.0393. The Morgan fingerprint density at radius 2 is 1.25 bits per heavy atom. The maximum absolute atomic E-state index is 5.73. The molecule has 4 heteroatoms. The highest BCUT2D eigenvalue weighted by Crippen LogP contribution is 2.33. The molecular formula is C32H64O4. The topological polar surface area (TPSA) is 36.9 Å². The maximum atomic E-state index is 5.73. The average molecular weight is 513 g/mol. The molecule has 0 aromatic heterocycles. The summed E-state index contributed by atoms with van der Waals surface area (Å²) in [5.41, 5.74) is 0. The Kier molecular flexibility index (Phi) is 18.5. The average Bonchev–Trinajstić information content (AvgIpc) is 3.60. The second-order valence-electron chi connectivity index (χ2n) is 11.3. The maximum Gasteiger partial charge on any atom is 0.0762 e. The molecule has 3 saturated heterocycles. The van der Waals surface area contributed by atoms with Gasteiger partial charge in [0.1, 0.15) is 0 Å². The fourth-order valence-corrected chi connectivity index (χ4v) is 5.48. The number of hydrogen-bond acceptors (Lipinski definition) is 4.